The first-order valence-electron chi connectivity index (χ1n) is 20.1. The highest BCUT2D eigenvalue weighted by atomic mass is 32.1. The number of para-hydroxylation sites is 1. The Labute approximate surface area is 345 Å². The molecule has 59 heavy (non-hydrogen) atoms. The number of nitrogens with zero attached hydrogens (tertiary/aromatic N) is 1. The molecule has 0 radical (unpaired) electrons. The second kappa shape index (κ2) is 13.6. The van der Waals surface area contributed by atoms with E-state index in [1.54, 1.807) is 0 Å². The predicted octanol–water partition coefficient (Wildman–Crippen LogP) is 16.7. The van der Waals surface area contributed by atoms with Gasteiger partial charge in [-0.2, -0.15) is 0 Å². The van der Waals surface area contributed by atoms with Gasteiger partial charge in [0, 0.05) is 47.4 Å². The van der Waals surface area contributed by atoms with Crippen molar-refractivity contribution in [2.75, 3.05) is 4.90 Å². The van der Waals surface area contributed by atoms with E-state index in [0.717, 1.165) is 55.7 Å². The normalized spacial score (nSPS) is 11.7. The summed E-state index contributed by atoms with van der Waals surface area (Å²) in [6.45, 7) is 0. The second-order valence-corrected chi connectivity index (χ2v) is 16.4. The van der Waals surface area contributed by atoms with E-state index in [2.05, 4.69) is 205 Å². The summed E-state index contributed by atoms with van der Waals surface area (Å²) in [5, 5.41) is 9.71. The minimum Gasteiger partial charge on any atom is -0.456 e. The zero-order chi connectivity index (χ0) is 38.9. The van der Waals surface area contributed by atoms with Crippen LogP contribution in [0.5, 0.6) is 0 Å². The van der Waals surface area contributed by atoms with Crippen molar-refractivity contribution < 1.29 is 4.42 Å². The fourth-order valence-electron chi connectivity index (χ4n) is 8.96. The molecule has 276 valence electrons. The molecule has 2 aromatic heterocycles. The van der Waals surface area contributed by atoms with Crippen LogP contribution in [0.1, 0.15) is 0 Å². The molecular formula is C56H35NOS. The largest absolute Gasteiger partial charge is 0.456 e. The van der Waals surface area contributed by atoms with Crippen molar-refractivity contribution in [3.63, 3.8) is 0 Å². The summed E-state index contributed by atoms with van der Waals surface area (Å²) < 4.78 is 8.86. The summed E-state index contributed by atoms with van der Waals surface area (Å²) in [7, 11) is 0. The van der Waals surface area contributed by atoms with Gasteiger partial charge in [-0.25, -0.2) is 0 Å². The van der Waals surface area contributed by atoms with Gasteiger partial charge in [-0.3, -0.25) is 0 Å². The van der Waals surface area contributed by atoms with Crippen LogP contribution in [0, 0.1) is 0 Å². The Morgan fingerprint density at radius 1 is 0.305 bits per heavy atom. The molecule has 2 heterocycles. The SMILES string of the molecule is c1ccc2c(N(c3ccc(-c4cc(-c5ccc6oc7ccccc7c6c5)cc(-c5ccc6sc7ccccc7c6c5)c4)cc3)c3cccc4ccccc34)cccc2c1. The first-order valence-corrected chi connectivity index (χ1v) is 20.9. The molecule has 0 amide bonds. The fraction of sp³-hybridized carbons (Fsp3) is 0. The van der Waals surface area contributed by atoms with Gasteiger partial charge in [-0.05, 0) is 123 Å². The lowest BCUT2D eigenvalue weighted by Crippen LogP contribution is -2.11. The maximum atomic E-state index is 6.24. The Morgan fingerprint density at radius 2 is 0.797 bits per heavy atom. The average Bonchev–Trinajstić information content (AvgIpc) is 3.87. The smallest absolute Gasteiger partial charge is 0.135 e. The van der Waals surface area contributed by atoms with E-state index in [1.807, 2.05) is 23.5 Å². The number of benzene rings is 10. The molecule has 0 fully saturated rings. The topological polar surface area (TPSA) is 16.4 Å². The zero-order valence-corrected chi connectivity index (χ0v) is 32.8. The van der Waals surface area contributed by atoms with E-state index >= 15 is 0 Å². The number of hydrogen-bond donors (Lipinski definition) is 0. The van der Waals surface area contributed by atoms with E-state index in [1.165, 1.54) is 58.4 Å². The Kier molecular flexibility index (Phi) is 7.75. The lowest BCUT2D eigenvalue weighted by molar-refractivity contribution is 0.669. The summed E-state index contributed by atoms with van der Waals surface area (Å²) in [6, 6.07) is 77.2. The molecule has 0 saturated heterocycles. The number of rotatable bonds is 6. The summed E-state index contributed by atoms with van der Waals surface area (Å²) in [4.78, 5) is 2.42. The monoisotopic (exact) mass is 769 g/mol. The zero-order valence-electron chi connectivity index (χ0n) is 32.0. The van der Waals surface area contributed by atoms with Gasteiger partial charge in [-0.15, -0.1) is 11.3 Å². The molecule has 0 aliphatic rings. The molecule has 0 saturated carbocycles. The Bertz CT molecular complexity index is 3350. The maximum Gasteiger partial charge on any atom is 0.135 e. The van der Waals surface area contributed by atoms with E-state index in [4.69, 9.17) is 4.42 Å². The number of fused-ring (bicyclic) bond motifs is 8. The van der Waals surface area contributed by atoms with E-state index in [9.17, 15) is 0 Å². The summed E-state index contributed by atoms with van der Waals surface area (Å²) in [5.74, 6) is 0. The van der Waals surface area contributed by atoms with Crippen LogP contribution in [0.15, 0.2) is 217 Å². The molecule has 0 atom stereocenters. The van der Waals surface area contributed by atoms with Crippen LogP contribution in [0.25, 0.3) is 97.0 Å². The minimum atomic E-state index is 0.902. The molecule has 0 bridgehead atoms. The van der Waals surface area contributed by atoms with Crippen molar-refractivity contribution in [2.24, 2.45) is 0 Å². The third kappa shape index (κ3) is 5.70. The molecule has 12 rings (SSSR count). The van der Waals surface area contributed by atoms with Crippen molar-refractivity contribution in [1.82, 2.24) is 0 Å². The highest BCUT2D eigenvalue weighted by molar-refractivity contribution is 7.25. The first kappa shape index (κ1) is 33.7. The quantitative estimate of drug-likeness (QED) is 0.167. The second-order valence-electron chi connectivity index (χ2n) is 15.3. The van der Waals surface area contributed by atoms with Gasteiger partial charge in [0.15, 0.2) is 0 Å². The maximum absolute atomic E-state index is 6.24. The number of furan rings is 1. The van der Waals surface area contributed by atoms with E-state index < -0.39 is 0 Å². The van der Waals surface area contributed by atoms with Crippen LogP contribution < -0.4 is 4.90 Å². The van der Waals surface area contributed by atoms with Crippen molar-refractivity contribution in [1.29, 1.82) is 0 Å². The molecule has 0 aliphatic carbocycles. The molecule has 3 heteroatoms. The van der Waals surface area contributed by atoms with Gasteiger partial charge < -0.3 is 9.32 Å². The van der Waals surface area contributed by atoms with E-state index in [-0.39, 0.29) is 0 Å². The molecule has 0 N–H and O–H groups in total. The van der Waals surface area contributed by atoms with Crippen LogP contribution in [-0.2, 0) is 0 Å². The molecular weight excluding hydrogens is 735 g/mol. The first-order chi connectivity index (χ1) is 29.2. The van der Waals surface area contributed by atoms with Crippen LogP contribution in [0.3, 0.4) is 0 Å². The van der Waals surface area contributed by atoms with Crippen molar-refractivity contribution in [3.8, 4) is 33.4 Å². The van der Waals surface area contributed by atoms with Gasteiger partial charge in [0.1, 0.15) is 11.2 Å². The number of thiophene rings is 1. The molecule has 0 spiro atoms. The van der Waals surface area contributed by atoms with Gasteiger partial charge >= 0.3 is 0 Å². The Balaban J connectivity index is 1.03. The van der Waals surface area contributed by atoms with Crippen molar-refractivity contribution >= 4 is 92.1 Å². The van der Waals surface area contributed by atoms with Crippen LogP contribution in [0.4, 0.5) is 17.1 Å². The Morgan fingerprint density at radius 3 is 1.49 bits per heavy atom. The predicted molar refractivity (Wildman–Crippen MR) is 253 cm³/mol. The number of hydrogen-bond acceptors (Lipinski definition) is 3. The lowest BCUT2D eigenvalue weighted by atomic mass is 9.92. The van der Waals surface area contributed by atoms with Gasteiger partial charge in [0.25, 0.3) is 0 Å². The summed E-state index contributed by atoms with van der Waals surface area (Å²) >= 11 is 1.86. The highest BCUT2D eigenvalue weighted by Crippen LogP contribution is 2.44. The minimum absolute atomic E-state index is 0.902. The third-order valence-corrected chi connectivity index (χ3v) is 13.0. The van der Waals surface area contributed by atoms with Crippen molar-refractivity contribution in [2.45, 2.75) is 0 Å². The van der Waals surface area contributed by atoms with Crippen LogP contribution >= 0.6 is 11.3 Å². The van der Waals surface area contributed by atoms with E-state index in [0.29, 0.717) is 0 Å². The summed E-state index contributed by atoms with van der Waals surface area (Å²) in [6.07, 6.45) is 0. The molecule has 12 aromatic rings. The lowest BCUT2D eigenvalue weighted by Gasteiger charge is -2.28. The summed E-state index contributed by atoms with van der Waals surface area (Å²) in [5.41, 5.74) is 12.2. The fourth-order valence-corrected chi connectivity index (χ4v) is 10.0. The van der Waals surface area contributed by atoms with Crippen molar-refractivity contribution in [3.05, 3.63) is 212 Å². The standard InChI is InChI=1S/C56H35NOS/c1-3-15-45-37(11-1)13-9-19-51(45)57(52-20-10-14-38-12-2-4-16-46(38)52)44-27-23-36(24-28-44)41-31-42(39-25-29-54-49(34-39)47-17-5-7-21-53(47)58-54)33-43(32-41)40-26-30-56-50(35-40)48-18-6-8-22-55(48)59-56/h1-35H. The molecule has 2 nitrogen and oxygen atoms in total. The molecule has 0 unspecified atom stereocenters. The van der Waals surface area contributed by atoms with Gasteiger partial charge in [-0.1, -0.05) is 133 Å². The van der Waals surface area contributed by atoms with Crippen LogP contribution in [0.2, 0.25) is 0 Å². The molecule has 0 aliphatic heterocycles. The van der Waals surface area contributed by atoms with Gasteiger partial charge in [0.2, 0.25) is 0 Å². The third-order valence-electron chi connectivity index (χ3n) is 11.8. The average molecular weight is 770 g/mol. The Hall–Kier alpha value is -7.46. The number of anilines is 3. The van der Waals surface area contributed by atoms with Gasteiger partial charge in [0.05, 0.1) is 11.4 Å². The molecule has 10 aromatic carbocycles. The highest BCUT2D eigenvalue weighted by Gasteiger charge is 2.19. The van der Waals surface area contributed by atoms with Crippen LogP contribution in [-0.4, -0.2) is 0 Å².